The van der Waals surface area contributed by atoms with E-state index in [0.717, 1.165) is 4.88 Å². The minimum absolute atomic E-state index is 0.319. The van der Waals surface area contributed by atoms with Crippen molar-refractivity contribution in [2.45, 2.75) is 6.54 Å². The SMILES string of the molecule is COc1cc(/C=C/C(=O)OCC(=O)N(C)Cc2ccc(Cl)s2)cc(Cl)c1OC. The molecule has 1 aromatic carbocycles. The Morgan fingerprint density at radius 1 is 1.18 bits per heavy atom. The molecule has 1 aromatic heterocycles. The van der Waals surface area contributed by atoms with Crippen molar-refractivity contribution in [3.63, 3.8) is 0 Å². The zero-order valence-corrected chi connectivity index (χ0v) is 17.9. The Balaban J connectivity index is 1.89. The van der Waals surface area contributed by atoms with Gasteiger partial charge in [-0.2, -0.15) is 0 Å². The van der Waals surface area contributed by atoms with Crippen molar-refractivity contribution in [3.8, 4) is 11.5 Å². The highest BCUT2D eigenvalue weighted by atomic mass is 35.5. The summed E-state index contributed by atoms with van der Waals surface area (Å²) in [4.78, 5) is 26.4. The number of hydrogen-bond donors (Lipinski definition) is 0. The maximum atomic E-state index is 12.1. The van der Waals surface area contributed by atoms with Gasteiger partial charge < -0.3 is 19.1 Å². The molecule has 0 aliphatic heterocycles. The number of amides is 1. The summed E-state index contributed by atoms with van der Waals surface area (Å²) in [5.74, 6) is -0.120. The molecule has 0 aliphatic rings. The number of nitrogens with zero attached hydrogens (tertiary/aromatic N) is 1. The van der Waals surface area contributed by atoms with E-state index in [-0.39, 0.29) is 12.5 Å². The van der Waals surface area contributed by atoms with Crippen LogP contribution >= 0.6 is 34.5 Å². The van der Waals surface area contributed by atoms with Crippen molar-refractivity contribution < 1.29 is 23.8 Å². The largest absolute Gasteiger partial charge is 0.493 e. The summed E-state index contributed by atoms with van der Waals surface area (Å²) in [7, 11) is 4.60. The number of likely N-dealkylation sites (N-methyl/N-ethyl adjacent to an activating group) is 1. The van der Waals surface area contributed by atoms with Gasteiger partial charge in [-0.05, 0) is 35.9 Å². The number of ether oxygens (including phenoxy) is 3. The molecule has 0 spiro atoms. The first-order valence-corrected chi connectivity index (χ1v) is 9.65. The lowest BCUT2D eigenvalue weighted by atomic mass is 10.2. The molecule has 0 radical (unpaired) electrons. The van der Waals surface area contributed by atoms with Crippen LogP contribution < -0.4 is 9.47 Å². The predicted octanol–water partition coefficient (Wildman–Crippen LogP) is 4.29. The quantitative estimate of drug-likeness (QED) is 0.449. The van der Waals surface area contributed by atoms with E-state index in [4.69, 9.17) is 37.4 Å². The van der Waals surface area contributed by atoms with Crippen molar-refractivity contribution in [1.82, 2.24) is 4.90 Å². The van der Waals surface area contributed by atoms with Crippen LogP contribution in [-0.4, -0.2) is 44.7 Å². The Morgan fingerprint density at radius 2 is 1.93 bits per heavy atom. The minimum Gasteiger partial charge on any atom is -0.493 e. The molecule has 6 nitrogen and oxygen atoms in total. The van der Waals surface area contributed by atoms with Gasteiger partial charge in [0.05, 0.1) is 30.1 Å². The lowest BCUT2D eigenvalue weighted by Gasteiger charge is -2.15. The second kappa shape index (κ2) is 10.4. The Kier molecular flexibility index (Phi) is 8.17. The molecule has 0 atom stereocenters. The number of esters is 1. The summed E-state index contributed by atoms with van der Waals surface area (Å²) >= 11 is 13.4. The van der Waals surface area contributed by atoms with Gasteiger partial charge in [0.1, 0.15) is 0 Å². The third kappa shape index (κ3) is 6.15. The van der Waals surface area contributed by atoms with Gasteiger partial charge in [-0.15, -0.1) is 11.3 Å². The van der Waals surface area contributed by atoms with Crippen LogP contribution in [0.4, 0.5) is 0 Å². The van der Waals surface area contributed by atoms with E-state index in [9.17, 15) is 9.59 Å². The van der Waals surface area contributed by atoms with Crippen LogP contribution in [0.2, 0.25) is 9.36 Å². The molecule has 150 valence electrons. The molecule has 2 rings (SSSR count). The van der Waals surface area contributed by atoms with E-state index in [1.165, 1.54) is 42.6 Å². The monoisotopic (exact) mass is 443 g/mol. The average molecular weight is 444 g/mol. The second-order valence-electron chi connectivity index (χ2n) is 5.63. The van der Waals surface area contributed by atoms with Crippen LogP contribution in [0.25, 0.3) is 6.08 Å². The number of rotatable bonds is 8. The van der Waals surface area contributed by atoms with Gasteiger partial charge in [0.2, 0.25) is 0 Å². The first-order valence-electron chi connectivity index (χ1n) is 8.08. The third-order valence-corrected chi connectivity index (χ3v) is 5.15. The van der Waals surface area contributed by atoms with E-state index < -0.39 is 5.97 Å². The van der Waals surface area contributed by atoms with Crippen molar-refractivity contribution in [3.05, 3.63) is 50.1 Å². The normalized spacial score (nSPS) is 10.8. The van der Waals surface area contributed by atoms with E-state index in [1.807, 2.05) is 6.07 Å². The summed E-state index contributed by atoms with van der Waals surface area (Å²) in [6, 6.07) is 6.91. The van der Waals surface area contributed by atoms with Crippen LogP contribution in [-0.2, 0) is 20.9 Å². The van der Waals surface area contributed by atoms with Crippen LogP contribution in [0, 0.1) is 0 Å². The molecule has 2 aromatic rings. The molecule has 0 fully saturated rings. The fourth-order valence-corrected chi connectivity index (χ4v) is 3.69. The molecule has 1 amide bonds. The Hall–Kier alpha value is -2.22. The lowest BCUT2D eigenvalue weighted by molar-refractivity contribution is -0.147. The van der Waals surface area contributed by atoms with Crippen LogP contribution in [0.1, 0.15) is 10.4 Å². The topological polar surface area (TPSA) is 65.1 Å². The molecular formula is C19H19Cl2NO5S. The van der Waals surface area contributed by atoms with Gasteiger partial charge >= 0.3 is 5.97 Å². The second-order valence-corrected chi connectivity index (χ2v) is 7.84. The standard InChI is InChI=1S/C19H19Cl2NO5S/c1-22(10-13-5-6-16(21)28-13)17(23)11-27-18(24)7-4-12-8-14(20)19(26-3)15(9-12)25-2/h4-9H,10-11H2,1-3H3/b7-4+. The van der Waals surface area contributed by atoms with Crippen molar-refractivity contribution in [1.29, 1.82) is 0 Å². The van der Waals surface area contributed by atoms with Crippen LogP contribution in [0.3, 0.4) is 0 Å². The Labute approximate surface area is 177 Å². The van der Waals surface area contributed by atoms with Crippen molar-refractivity contribution >= 4 is 52.5 Å². The first-order chi connectivity index (χ1) is 13.3. The van der Waals surface area contributed by atoms with Crippen LogP contribution in [0.5, 0.6) is 11.5 Å². The summed E-state index contributed by atoms with van der Waals surface area (Å²) in [6.45, 7) is 0.0409. The number of methoxy groups -OCH3 is 2. The molecule has 1 heterocycles. The van der Waals surface area contributed by atoms with Crippen LogP contribution in [0.15, 0.2) is 30.3 Å². The molecule has 0 unspecified atom stereocenters. The van der Waals surface area contributed by atoms with E-state index in [2.05, 4.69) is 0 Å². The van der Waals surface area contributed by atoms with E-state index in [1.54, 1.807) is 25.2 Å². The third-order valence-electron chi connectivity index (χ3n) is 3.65. The summed E-state index contributed by atoms with van der Waals surface area (Å²) < 4.78 is 16.0. The van der Waals surface area contributed by atoms with E-state index in [0.29, 0.717) is 33.0 Å². The number of benzene rings is 1. The summed E-state index contributed by atoms with van der Waals surface area (Å²) in [5, 5.41) is 0.348. The Bertz CT molecular complexity index is 881. The van der Waals surface area contributed by atoms with Gasteiger partial charge in [0.25, 0.3) is 5.91 Å². The van der Waals surface area contributed by atoms with Gasteiger partial charge in [-0.25, -0.2) is 4.79 Å². The fraction of sp³-hybridized carbons (Fsp3) is 0.263. The molecule has 0 N–H and O–H groups in total. The highest BCUT2D eigenvalue weighted by Gasteiger charge is 2.13. The maximum absolute atomic E-state index is 12.1. The zero-order valence-electron chi connectivity index (χ0n) is 15.5. The molecule has 0 saturated heterocycles. The lowest BCUT2D eigenvalue weighted by Crippen LogP contribution is -2.30. The Morgan fingerprint density at radius 3 is 2.54 bits per heavy atom. The summed E-state index contributed by atoms with van der Waals surface area (Å²) in [6.07, 6.45) is 2.72. The number of halogens is 2. The summed E-state index contributed by atoms with van der Waals surface area (Å²) in [5.41, 5.74) is 0.623. The highest BCUT2D eigenvalue weighted by Crippen LogP contribution is 2.36. The molecule has 0 aliphatic carbocycles. The predicted molar refractivity (Wildman–Crippen MR) is 110 cm³/mol. The molecule has 0 bridgehead atoms. The number of carbonyl (C=O) groups is 2. The molecule has 9 heteroatoms. The number of carbonyl (C=O) groups excluding carboxylic acids is 2. The van der Waals surface area contributed by atoms with Gasteiger partial charge in [0, 0.05) is 18.0 Å². The smallest absolute Gasteiger partial charge is 0.331 e. The average Bonchev–Trinajstić information content (AvgIpc) is 3.08. The van der Waals surface area contributed by atoms with E-state index >= 15 is 0 Å². The maximum Gasteiger partial charge on any atom is 0.331 e. The van der Waals surface area contributed by atoms with Crippen molar-refractivity contribution in [2.75, 3.05) is 27.9 Å². The minimum atomic E-state index is -0.646. The molecule has 28 heavy (non-hydrogen) atoms. The number of thiophene rings is 1. The fourth-order valence-electron chi connectivity index (χ4n) is 2.25. The zero-order chi connectivity index (χ0) is 20.7. The van der Waals surface area contributed by atoms with Gasteiger partial charge in [0.15, 0.2) is 18.1 Å². The van der Waals surface area contributed by atoms with Gasteiger partial charge in [-0.1, -0.05) is 23.2 Å². The first kappa shape index (κ1) is 22.1. The molecular weight excluding hydrogens is 425 g/mol. The molecule has 0 saturated carbocycles. The number of hydrogen-bond acceptors (Lipinski definition) is 6. The van der Waals surface area contributed by atoms with Gasteiger partial charge in [-0.3, -0.25) is 4.79 Å². The van der Waals surface area contributed by atoms with Crippen molar-refractivity contribution in [2.24, 2.45) is 0 Å². The highest BCUT2D eigenvalue weighted by molar-refractivity contribution is 7.16.